The lowest BCUT2D eigenvalue weighted by molar-refractivity contribution is 0.0719. The minimum Gasteiger partial charge on any atom is -0.293 e. The third kappa shape index (κ3) is 7.68. The molecule has 4 heterocycles. The van der Waals surface area contributed by atoms with Crippen molar-refractivity contribution in [2.24, 2.45) is 0 Å². The largest absolute Gasteiger partial charge is 0.293 e. The molecule has 0 saturated carbocycles. The zero-order valence-corrected chi connectivity index (χ0v) is 28.6. The van der Waals surface area contributed by atoms with Gasteiger partial charge in [0.2, 0.25) is 11.3 Å². The van der Waals surface area contributed by atoms with Gasteiger partial charge in [-0.1, -0.05) is 53.1 Å². The number of hydrazine groups is 2. The predicted molar refractivity (Wildman–Crippen MR) is 184 cm³/mol. The third-order valence-corrected chi connectivity index (χ3v) is 10.4. The van der Waals surface area contributed by atoms with Crippen molar-refractivity contribution in [3.63, 3.8) is 0 Å². The predicted octanol–water partition coefficient (Wildman–Crippen LogP) is 7.04. The molecule has 6 rings (SSSR count). The molecule has 2 aliphatic heterocycles. The summed E-state index contributed by atoms with van der Waals surface area (Å²) in [5.41, 5.74) is 5.57. The number of nitrogens with one attached hydrogen (secondary N) is 1. The van der Waals surface area contributed by atoms with Crippen molar-refractivity contribution in [3.05, 3.63) is 91.4 Å². The molecule has 46 heavy (non-hydrogen) atoms. The van der Waals surface area contributed by atoms with Gasteiger partial charge in [0.25, 0.3) is 5.91 Å². The van der Waals surface area contributed by atoms with Gasteiger partial charge in [0.15, 0.2) is 5.69 Å². The molecule has 1 unspecified atom stereocenters. The Balaban J connectivity index is 1.49. The van der Waals surface area contributed by atoms with E-state index >= 15 is 0 Å². The lowest BCUT2D eigenvalue weighted by Crippen LogP contribution is -2.46. The Hall–Kier alpha value is -2.76. The molecule has 0 aliphatic carbocycles. The molecular formula is C32H31Cl3N6O3S2. The van der Waals surface area contributed by atoms with E-state index in [-0.39, 0.29) is 12.2 Å². The molecule has 4 aromatic rings. The maximum atomic E-state index is 14.0. The van der Waals surface area contributed by atoms with Crippen molar-refractivity contribution < 1.29 is 13.6 Å². The molecule has 240 valence electrons. The monoisotopic (exact) mass is 716 g/mol. The van der Waals surface area contributed by atoms with E-state index in [1.165, 1.54) is 15.8 Å². The second-order valence-corrected chi connectivity index (χ2v) is 14.2. The summed E-state index contributed by atoms with van der Waals surface area (Å²) < 4.78 is 26.2. The third-order valence-electron chi connectivity index (χ3n) is 7.84. The first-order valence-electron chi connectivity index (χ1n) is 14.9. The van der Waals surface area contributed by atoms with Crippen LogP contribution in [0.15, 0.2) is 54.6 Å². The quantitative estimate of drug-likeness (QED) is 0.150. The van der Waals surface area contributed by atoms with Gasteiger partial charge in [-0.2, -0.15) is 5.10 Å². The van der Waals surface area contributed by atoms with Crippen molar-refractivity contribution in [3.8, 4) is 28.1 Å². The van der Waals surface area contributed by atoms with Crippen LogP contribution in [0.25, 0.3) is 16.3 Å². The average Bonchev–Trinajstić information content (AvgIpc) is 3.80. The Kier molecular flexibility index (Phi) is 10.8. The van der Waals surface area contributed by atoms with Gasteiger partial charge >= 0.3 is 0 Å². The van der Waals surface area contributed by atoms with E-state index in [4.69, 9.17) is 39.9 Å². The molecule has 2 saturated heterocycles. The standard InChI is InChI=1S/C32H31Cl3N6O3S2/c33-23-9-6-22(7-10-23)8-12-25-13-15-29(45-25)31-26(21-40(46(43)44)39-18-4-5-19-39)30(32(42)37-38-16-2-1-3-17-38)36-41(31)28-14-11-24(34)20-27(28)35/h6-7,9-11,13-15,20H,1-5,16-19,21H2,(H,37,42)(H,43,44). The zero-order valence-electron chi connectivity index (χ0n) is 24.7. The molecule has 2 aliphatic rings. The van der Waals surface area contributed by atoms with E-state index < -0.39 is 17.2 Å². The molecule has 2 fully saturated rings. The fourth-order valence-electron chi connectivity index (χ4n) is 5.58. The van der Waals surface area contributed by atoms with Gasteiger partial charge in [-0.15, -0.1) is 15.8 Å². The van der Waals surface area contributed by atoms with Gasteiger partial charge in [0.1, 0.15) is 0 Å². The van der Waals surface area contributed by atoms with Gasteiger partial charge in [0.05, 0.1) is 32.7 Å². The number of amides is 1. The highest BCUT2D eigenvalue weighted by atomic mass is 35.5. The Morgan fingerprint density at radius 1 is 0.935 bits per heavy atom. The van der Waals surface area contributed by atoms with Crippen molar-refractivity contribution in [2.75, 3.05) is 26.2 Å². The van der Waals surface area contributed by atoms with Gasteiger partial charge in [-0.25, -0.2) is 18.9 Å². The van der Waals surface area contributed by atoms with Gasteiger partial charge in [-0.3, -0.25) is 14.8 Å². The second-order valence-electron chi connectivity index (χ2n) is 11.0. The van der Waals surface area contributed by atoms with Crippen molar-refractivity contribution in [1.82, 2.24) is 29.6 Å². The number of thiophene rings is 1. The number of hydrogen-bond acceptors (Lipinski definition) is 6. The molecule has 9 nitrogen and oxygen atoms in total. The number of rotatable bonds is 8. The number of halogens is 3. The number of hydrogen-bond donors (Lipinski definition) is 2. The maximum Gasteiger partial charge on any atom is 0.286 e. The topological polar surface area (TPSA) is 93.9 Å². The Morgan fingerprint density at radius 3 is 2.33 bits per heavy atom. The normalized spacial score (nSPS) is 16.4. The van der Waals surface area contributed by atoms with Crippen molar-refractivity contribution in [2.45, 2.75) is 38.6 Å². The van der Waals surface area contributed by atoms with Crippen LogP contribution in [0, 0.1) is 11.8 Å². The summed E-state index contributed by atoms with van der Waals surface area (Å²) >= 11 is 18.1. The lowest BCUT2D eigenvalue weighted by Gasteiger charge is -2.28. The van der Waals surface area contributed by atoms with Crippen LogP contribution >= 0.6 is 46.1 Å². The van der Waals surface area contributed by atoms with Gasteiger partial charge in [0, 0.05) is 47.4 Å². The SMILES string of the molecule is O=C(NN1CCCCC1)c1nn(-c2ccc(Cl)cc2Cl)c(-c2ccc(C#Cc3ccc(Cl)cc3)s2)c1CN(N1CCCC1)S(=O)O. The summed E-state index contributed by atoms with van der Waals surface area (Å²) in [5, 5.41) is 10.0. The van der Waals surface area contributed by atoms with Crippen LogP contribution in [0.5, 0.6) is 0 Å². The van der Waals surface area contributed by atoms with Gasteiger partial charge < -0.3 is 0 Å². The average molecular weight is 718 g/mol. The summed E-state index contributed by atoms with van der Waals surface area (Å²) in [6, 6.07) is 16.2. The van der Waals surface area contributed by atoms with Gasteiger partial charge in [-0.05, 0) is 80.3 Å². The fourth-order valence-corrected chi connectivity index (χ4v) is 7.71. The number of piperidine rings is 1. The second kappa shape index (κ2) is 15.0. The molecule has 1 amide bonds. The van der Waals surface area contributed by atoms with Crippen molar-refractivity contribution in [1.29, 1.82) is 0 Å². The van der Waals surface area contributed by atoms with Crippen LogP contribution in [0.2, 0.25) is 15.1 Å². The van der Waals surface area contributed by atoms with E-state index in [0.717, 1.165) is 60.5 Å². The summed E-state index contributed by atoms with van der Waals surface area (Å²) in [6.45, 7) is 2.71. The number of benzene rings is 2. The first-order valence-corrected chi connectivity index (χ1v) is 17.9. The van der Waals surface area contributed by atoms with E-state index in [9.17, 15) is 13.6 Å². The maximum absolute atomic E-state index is 14.0. The van der Waals surface area contributed by atoms with E-state index in [1.807, 2.05) is 34.3 Å². The Labute approximate surface area is 289 Å². The summed E-state index contributed by atoms with van der Waals surface area (Å²) in [5.74, 6) is 5.99. The smallest absolute Gasteiger partial charge is 0.286 e. The summed E-state index contributed by atoms with van der Waals surface area (Å²) in [4.78, 5) is 15.5. The Morgan fingerprint density at radius 2 is 1.63 bits per heavy atom. The van der Waals surface area contributed by atoms with E-state index in [1.54, 1.807) is 35.0 Å². The van der Waals surface area contributed by atoms with Crippen LogP contribution in [-0.4, -0.2) is 65.1 Å². The summed E-state index contributed by atoms with van der Waals surface area (Å²) in [6.07, 6.45) is 4.88. The van der Waals surface area contributed by atoms with Crippen LogP contribution in [0.1, 0.15) is 58.6 Å². The molecule has 2 aromatic carbocycles. The molecule has 0 radical (unpaired) electrons. The molecular weight excluding hydrogens is 687 g/mol. The van der Waals surface area contributed by atoms with E-state index in [0.29, 0.717) is 45.1 Å². The number of nitrogens with zero attached hydrogens (tertiary/aromatic N) is 5. The van der Waals surface area contributed by atoms with Crippen molar-refractivity contribution >= 4 is 63.3 Å². The van der Waals surface area contributed by atoms with Crippen LogP contribution < -0.4 is 5.43 Å². The Bertz CT molecular complexity index is 1810. The number of carbonyl (C=O) groups is 1. The van der Waals surface area contributed by atoms with Crippen LogP contribution in [0.4, 0.5) is 0 Å². The molecule has 1 atom stereocenters. The highest BCUT2D eigenvalue weighted by molar-refractivity contribution is 7.76. The molecule has 2 aromatic heterocycles. The minimum absolute atomic E-state index is 0.0317. The first kappa shape index (κ1) is 33.2. The van der Waals surface area contributed by atoms with E-state index in [2.05, 4.69) is 17.3 Å². The highest BCUT2D eigenvalue weighted by Crippen LogP contribution is 2.37. The zero-order chi connectivity index (χ0) is 32.2. The number of aromatic nitrogens is 2. The van der Waals surface area contributed by atoms with Crippen LogP contribution in [-0.2, 0) is 17.8 Å². The molecule has 0 bridgehead atoms. The first-order chi connectivity index (χ1) is 22.3. The minimum atomic E-state index is -2.34. The molecule has 2 N–H and O–H groups in total. The number of carbonyl (C=O) groups excluding carboxylic acids is 1. The molecule has 14 heteroatoms. The van der Waals surface area contributed by atoms with Crippen LogP contribution in [0.3, 0.4) is 0 Å². The fraction of sp³-hybridized carbons (Fsp3) is 0.312. The molecule has 0 spiro atoms. The lowest BCUT2D eigenvalue weighted by atomic mass is 10.1. The highest BCUT2D eigenvalue weighted by Gasteiger charge is 2.32. The summed E-state index contributed by atoms with van der Waals surface area (Å²) in [7, 11) is 0.